The highest BCUT2D eigenvalue weighted by Crippen LogP contribution is 2.35. The molecule has 3 fully saturated rings. The van der Waals surface area contributed by atoms with Gasteiger partial charge in [0.2, 0.25) is 5.91 Å². The minimum Gasteiger partial charge on any atom is -0.478 e. The third-order valence-corrected chi connectivity index (χ3v) is 10.3. The largest absolute Gasteiger partial charge is 0.478 e. The maximum atomic E-state index is 14.2. The Morgan fingerprint density at radius 1 is 0.925 bits per heavy atom. The summed E-state index contributed by atoms with van der Waals surface area (Å²) in [4.78, 5) is 51.3. The van der Waals surface area contributed by atoms with Crippen molar-refractivity contribution in [2.24, 2.45) is 5.92 Å². The van der Waals surface area contributed by atoms with Gasteiger partial charge in [-0.15, -0.1) is 0 Å². The van der Waals surface area contributed by atoms with Crippen LogP contribution in [-0.4, -0.2) is 93.8 Å². The third kappa shape index (κ3) is 8.35. The van der Waals surface area contributed by atoms with E-state index in [9.17, 15) is 14.4 Å². The van der Waals surface area contributed by atoms with Crippen LogP contribution < -0.4 is 15.0 Å². The summed E-state index contributed by atoms with van der Waals surface area (Å²) in [5, 5.41) is 4.16. The number of hydrogen-bond acceptors (Lipinski definition) is 8. The smallest absolute Gasteiger partial charge is 0.420 e. The first-order valence-corrected chi connectivity index (χ1v) is 19.0. The molecule has 2 aromatic heterocycles. The van der Waals surface area contributed by atoms with Crippen LogP contribution in [0, 0.1) is 5.92 Å². The van der Waals surface area contributed by atoms with Gasteiger partial charge in [-0.2, -0.15) is 0 Å². The van der Waals surface area contributed by atoms with E-state index in [0.29, 0.717) is 37.6 Å². The Morgan fingerprint density at radius 3 is 2.40 bits per heavy atom. The molecule has 53 heavy (non-hydrogen) atoms. The molecule has 0 radical (unpaired) electrons. The van der Waals surface area contributed by atoms with Crippen LogP contribution in [-0.2, 0) is 20.9 Å². The van der Waals surface area contributed by atoms with Crippen LogP contribution in [0.4, 0.5) is 10.5 Å². The van der Waals surface area contributed by atoms with Crippen LogP contribution in [0.2, 0.25) is 0 Å². The quantitative estimate of drug-likeness (QED) is 0.209. The second-order valence-corrected chi connectivity index (χ2v) is 16.1. The standard InChI is InChI=1S/C42H52N6O5/c1-41(2,3)53-40(51)48-28-36(35-12-7-19-44-37(35)48)30-15-13-29(14-16-30)26-47(32-17-18-32)38(49)31-9-8-22-46(27-31)33-10-6-11-34(25-33)52-42(4,5)39(50)45-23-20-43-21-24-45/h6-7,10-16,19,25,28,31-32,43H,8-9,17-18,20-24,26-27H2,1-5H3/t31-/m1/s1. The number of hydrogen-bond donors (Lipinski definition) is 1. The molecule has 2 aliphatic heterocycles. The minimum atomic E-state index is -0.991. The molecule has 4 heterocycles. The Kier molecular flexibility index (Phi) is 10.2. The number of piperazine rings is 1. The number of ether oxygens (including phenoxy) is 2. The first kappa shape index (κ1) is 36.5. The second-order valence-electron chi connectivity index (χ2n) is 16.1. The normalized spacial score (nSPS) is 18.2. The number of nitrogens with one attached hydrogen (secondary N) is 1. The van der Waals surface area contributed by atoms with E-state index in [0.717, 1.165) is 73.1 Å². The summed E-state index contributed by atoms with van der Waals surface area (Å²) in [5.74, 6) is 0.748. The highest BCUT2D eigenvalue weighted by molar-refractivity contribution is 5.98. The van der Waals surface area contributed by atoms with Crippen molar-refractivity contribution in [3.05, 3.63) is 78.6 Å². The van der Waals surface area contributed by atoms with Crippen LogP contribution in [0.15, 0.2) is 73.1 Å². The van der Waals surface area contributed by atoms with Gasteiger partial charge in [0.05, 0.1) is 5.92 Å². The molecule has 2 aromatic carbocycles. The number of benzene rings is 2. The van der Waals surface area contributed by atoms with Gasteiger partial charge in [0.15, 0.2) is 5.60 Å². The number of anilines is 1. The van der Waals surface area contributed by atoms with Gasteiger partial charge in [-0.3, -0.25) is 9.59 Å². The summed E-state index contributed by atoms with van der Waals surface area (Å²) in [6.07, 6.45) is 6.84. The van der Waals surface area contributed by atoms with Crippen molar-refractivity contribution in [2.45, 2.75) is 84.1 Å². The van der Waals surface area contributed by atoms with Crippen LogP contribution in [0.5, 0.6) is 5.75 Å². The Balaban J connectivity index is 1.02. The predicted octanol–water partition coefficient (Wildman–Crippen LogP) is 6.48. The lowest BCUT2D eigenvalue weighted by Gasteiger charge is -2.37. The molecule has 2 amide bonds. The van der Waals surface area contributed by atoms with Gasteiger partial charge in [-0.1, -0.05) is 30.3 Å². The fraction of sp³-hybridized carbons (Fsp3) is 0.476. The average Bonchev–Trinajstić information content (AvgIpc) is 3.92. The van der Waals surface area contributed by atoms with E-state index < -0.39 is 17.3 Å². The Bertz CT molecular complexity index is 1950. The van der Waals surface area contributed by atoms with Crippen molar-refractivity contribution in [3.63, 3.8) is 0 Å². The lowest BCUT2D eigenvalue weighted by Crippen LogP contribution is -2.54. The molecule has 3 aliphatic rings. The number of carbonyl (C=O) groups is 3. The molecular weight excluding hydrogens is 668 g/mol. The van der Waals surface area contributed by atoms with E-state index in [1.807, 2.05) is 69.9 Å². The summed E-state index contributed by atoms with van der Waals surface area (Å²) in [6, 6.07) is 20.3. The van der Waals surface area contributed by atoms with E-state index in [4.69, 9.17) is 9.47 Å². The summed E-state index contributed by atoms with van der Waals surface area (Å²) >= 11 is 0. The van der Waals surface area contributed by atoms with E-state index in [2.05, 4.69) is 50.4 Å². The molecule has 7 rings (SSSR count). The third-order valence-electron chi connectivity index (χ3n) is 10.3. The molecule has 11 heteroatoms. The van der Waals surface area contributed by atoms with Gasteiger partial charge in [0, 0.05) is 87.0 Å². The monoisotopic (exact) mass is 720 g/mol. The van der Waals surface area contributed by atoms with Gasteiger partial charge in [-0.05, 0) is 95.7 Å². The van der Waals surface area contributed by atoms with Crippen molar-refractivity contribution < 1.29 is 23.9 Å². The highest BCUT2D eigenvalue weighted by atomic mass is 16.6. The molecule has 11 nitrogen and oxygen atoms in total. The Labute approximate surface area is 312 Å². The van der Waals surface area contributed by atoms with E-state index >= 15 is 0 Å². The number of piperidine rings is 1. The molecule has 1 atom stereocenters. The topological polar surface area (TPSA) is 109 Å². The number of nitrogens with zero attached hydrogens (tertiary/aromatic N) is 5. The Morgan fingerprint density at radius 2 is 1.68 bits per heavy atom. The van der Waals surface area contributed by atoms with Crippen molar-refractivity contribution in [2.75, 3.05) is 44.2 Å². The first-order valence-electron chi connectivity index (χ1n) is 19.0. The lowest BCUT2D eigenvalue weighted by molar-refractivity contribution is -0.146. The van der Waals surface area contributed by atoms with Crippen molar-refractivity contribution in [1.29, 1.82) is 0 Å². The average molecular weight is 721 g/mol. The molecular formula is C42H52N6O5. The fourth-order valence-corrected chi connectivity index (χ4v) is 7.48. The van der Waals surface area contributed by atoms with Crippen molar-refractivity contribution in [1.82, 2.24) is 24.7 Å². The summed E-state index contributed by atoms with van der Waals surface area (Å²) < 4.78 is 13.4. The zero-order valence-electron chi connectivity index (χ0n) is 31.6. The highest BCUT2D eigenvalue weighted by Gasteiger charge is 2.38. The molecule has 280 valence electrons. The van der Waals surface area contributed by atoms with Gasteiger partial charge in [0.1, 0.15) is 17.0 Å². The molecule has 2 saturated heterocycles. The number of aromatic nitrogens is 2. The number of pyridine rings is 1. The summed E-state index contributed by atoms with van der Waals surface area (Å²) in [5.41, 5.74) is 2.86. The number of rotatable bonds is 9. The van der Waals surface area contributed by atoms with Crippen LogP contribution in [0.3, 0.4) is 0 Å². The fourth-order valence-electron chi connectivity index (χ4n) is 7.48. The number of fused-ring (bicyclic) bond motifs is 1. The molecule has 1 aliphatic carbocycles. The number of amides is 2. The van der Waals surface area contributed by atoms with E-state index in [-0.39, 0.29) is 23.8 Å². The lowest BCUT2D eigenvalue weighted by atomic mass is 9.95. The van der Waals surface area contributed by atoms with E-state index in [1.165, 1.54) is 4.57 Å². The van der Waals surface area contributed by atoms with Crippen molar-refractivity contribution >= 4 is 34.6 Å². The summed E-state index contributed by atoms with van der Waals surface area (Å²) in [6.45, 7) is 14.2. The molecule has 1 N–H and O–H groups in total. The SMILES string of the molecule is CC(C)(C)OC(=O)n1cc(-c2ccc(CN(C(=O)[C@@H]3CCCN(c4cccc(OC(C)(C)C(=O)N5CCNCC5)c4)C3)C3CC3)cc2)c2cccnc21. The predicted molar refractivity (Wildman–Crippen MR) is 206 cm³/mol. The Hall–Kier alpha value is -4.90. The number of carbonyl (C=O) groups excluding carboxylic acids is 3. The van der Waals surface area contributed by atoms with E-state index in [1.54, 1.807) is 12.4 Å². The maximum Gasteiger partial charge on any atom is 0.420 e. The minimum absolute atomic E-state index is 0.00839. The van der Waals surface area contributed by atoms with Gasteiger partial charge >= 0.3 is 6.09 Å². The molecule has 0 bridgehead atoms. The van der Waals surface area contributed by atoms with Gasteiger partial charge in [0.25, 0.3) is 5.91 Å². The molecule has 0 spiro atoms. The zero-order valence-corrected chi connectivity index (χ0v) is 31.6. The summed E-state index contributed by atoms with van der Waals surface area (Å²) in [7, 11) is 0. The maximum absolute atomic E-state index is 14.2. The van der Waals surface area contributed by atoms with Gasteiger partial charge < -0.3 is 29.5 Å². The zero-order chi connectivity index (χ0) is 37.3. The van der Waals surface area contributed by atoms with Crippen LogP contribution in [0.1, 0.15) is 65.9 Å². The molecule has 1 saturated carbocycles. The second kappa shape index (κ2) is 14.9. The molecule has 4 aromatic rings. The van der Waals surface area contributed by atoms with Crippen LogP contribution >= 0.6 is 0 Å². The van der Waals surface area contributed by atoms with Gasteiger partial charge in [-0.25, -0.2) is 14.3 Å². The van der Waals surface area contributed by atoms with Crippen LogP contribution in [0.25, 0.3) is 22.2 Å². The molecule has 0 unspecified atom stereocenters. The first-order chi connectivity index (χ1) is 25.4. The van der Waals surface area contributed by atoms with Crippen molar-refractivity contribution in [3.8, 4) is 16.9 Å².